The number of carbonyl (C=O) groups is 2. The largest absolute Gasteiger partial charge is 0.490 e. The van der Waals surface area contributed by atoms with Crippen molar-refractivity contribution in [3.63, 3.8) is 0 Å². The number of unbranched alkanes of at least 4 members (excludes halogenated alkanes) is 1. The SMILES string of the molecule is CCCCOCC(OC)c1cccc(-c2csc(NC(=O)c3cc(F)c(/C=C(/OC)C(=O)O)c(F)c3)n2)c1F. The summed E-state index contributed by atoms with van der Waals surface area (Å²) in [6.45, 7) is 2.76. The van der Waals surface area contributed by atoms with Gasteiger partial charge in [-0.2, -0.15) is 0 Å². The van der Waals surface area contributed by atoms with Gasteiger partial charge in [0.05, 0.1) is 19.4 Å². The van der Waals surface area contributed by atoms with Crippen LogP contribution in [0.2, 0.25) is 0 Å². The van der Waals surface area contributed by atoms with Crippen molar-refractivity contribution in [2.45, 2.75) is 25.9 Å². The molecule has 0 aliphatic carbocycles. The van der Waals surface area contributed by atoms with E-state index in [1.165, 1.54) is 18.6 Å². The lowest BCUT2D eigenvalue weighted by atomic mass is 10.0. The Balaban J connectivity index is 1.79. The van der Waals surface area contributed by atoms with Crippen molar-refractivity contribution in [1.29, 1.82) is 0 Å². The van der Waals surface area contributed by atoms with Crippen LogP contribution in [0.1, 0.15) is 47.4 Å². The topological polar surface area (TPSA) is 107 Å². The summed E-state index contributed by atoms with van der Waals surface area (Å²) in [5.41, 5.74) is -0.324. The number of nitrogens with one attached hydrogen (secondary N) is 1. The van der Waals surface area contributed by atoms with Crippen LogP contribution in [0.4, 0.5) is 18.3 Å². The minimum atomic E-state index is -1.52. The lowest BCUT2D eigenvalue weighted by Gasteiger charge is -2.17. The Morgan fingerprint density at radius 3 is 2.51 bits per heavy atom. The Kier molecular flexibility index (Phi) is 10.6. The standard InChI is InChI=1S/C27H27F3N2O6S/c1-4-5-9-38-13-23(37-3)17-8-6-7-16(24(17)30)21-14-39-27(31-21)32-25(33)15-10-19(28)18(20(29)11-15)12-22(36-2)26(34)35/h6-8,10-12,14,23H,4-5,9,13H2,1-3H3,(H,34,35)(H,31,32,33)/b22-12+. The third-order valence-electron chi connectivity index (χ3n) is 5.62. The molecule has 2 N–H and O–H groups in total. The monoisotopic (exact) mass is 564 g/mol. The molecule has 0 aliphatic heterocycles. The number of nitrogens with zero attached hydrogens (tertiary/aromatic N) is 1. The Morgan fingerprint density at radius 2 is 1.90 bits per heavy atom. The number of halogens is 3. The van der Waals surface area contributed by atoms with Crippen molar-refractivity contribution in [2.24, 2.45) is 0 Å². The highest BCUT2D eigenvalue weighted by atomic mass is 32.1. The van der Waals surface area contributed by atoms with E-state index < -0.39 is 46.8 Å². The highest BCUT2D eigenvalue weighted by Crippen LogP contribution is 2.32. The van der Waals surface area contributed by atoms with Gasteiger partial charge in [0.25, 0.3) is 5.91 Å². The summed E-state index contributed by atoms with van der Waals surface area (Å²) in [4.78, 5) is 27.9. The lowest BCUT2D eigenvalue weighted by molar-refractivity contribution is -0.135. The number of methoxy groups -OCH3 is 2. The number of carboxylic acid groups (broad SMARTS) is 1. The number of amides is 1. The minimum Gasteiger partial charge on any atom is -0.490 e. The fourth-order valence-electron chi connectivity index (χ4n) is 3.53. The van der Waals surface area contributed by atoms with E-state index in [1.807, 2.05) is 6.92 Å². The average Bonchev–Trinajstić information content (AvgIpc) is 3.36. The lowest BCUT2D eigenvalue weighted by Crippen LogP contribution is -2.13. The highest BCUT2D eigenvalue weighted by molar-refractivity contribution is 7.14. The molecule has 8 nitrogen and oxygen atoms in total. The van der Waals surface area contributed by atoms with E-state index in [9.17, 15) is 18.4 Å². The molecule has 3 rings (SSSR count). The molecule has 1 atom stereocenters. The maximum absolute atomic E-state index is 15.4. The first-order valence-electron chi connectivity index (χ1n) is 11.8. The normalized spacial score (nSPS) is 12.3. The van der Waals surface area contributed by atoms with Gasteiger partial charge in [-0.05, 0) is 24.6 Å². The molecule has 1 aromatic heterocycles. The van der Waals surface area contributed by atoms with Crippen LogP contribution in [0.3, 0.4) is 0 Å². The smallest absolute Gasteiger partial charge is 0.371 e. The number of aromatic nitrogens is 1. The third kappa shape index (κ3) is 7.43. The fraction of sp³-hybridized carbons (Fsp3) is 0.296. The molecular formula is C27H27F3N2O6S. The van der Waals surface area contributed by atoms with Crippen LogP contribution in [0.25, 0.3) is 17.3 Å². The summed E-state index contributed by atoms with van der Waals surface area (Å²) in [5.74, 6) is -5.94. The molecular weight excluding hydrogens is 537 g/mol. The number of carboxylic acids is 1. The summed E-state index contributed by atoms with van der Waals surface area (Å²) in [6, 6.07) is 6.30. The number of anilines is 1. The summed E-state index contributed by atoms with van der Waals surface area (Å²) in [7, 11) is 2.51. The van der Waals surface area contributed by atoms with E-state index in [-0.39, 0.29) is 28.6 Å². The quantitative estimate of drug-likeness (QED) is 0.148. The van der Waals surface area contributed by atoms with Crippen LogP contribution in [0, 0.1) is 17.5 Å². The first-order chi connectivity index (χ1) is 18.7. The van der Waals surface area contributed by atoms with E-state index in [4.69, 9.17) is 14.6 Å². The summed E-state index contributed by atoms with van der Waals surface area (Å²) in [5, 5.41) is 13.0. The predicted molar refractivity (Wildman–Crippen MR) is 140 cm³/mol. The number of ether oxygens (including phenoxy) is 3. The second kappa shape index (κ2) is 13.9. The molecule has 0 aliphatic rings. The maximum Gasteiger partial charge on any atom is 0.371 e. The fourth-order valence-corrected chi connectivity index (χ4v) is 4.24. The number of thiazole rings is 1. The molecule has 1 unspecified atom stereocenters. The molecule has 0 saturated heterocycles. The summed E-state index contributed by atoms with van der Waals surface area (Å²) in [6.07, 6.45) is 1.90. The molecule has 1 amide bonds. The average molecular weight is 565 g/mol. The second-order valence-electron chi connectivity index (χ2n) is 8.23. The van der Waals surface area contributed by atoms with Gasteiger partial charge in [0.1, 0.15) is 23.6 Å². The van der Waals surface area contributed by atoms with E-state index >= 15 is 4.39 Å². The Morgan fingerprint density at radius 1 is 1.18 bits per heavy atom. The Hall–Kier alpha value is -3.74. The van der Waals surface area contributed by atoms with E-state index in [2.05, 4.69) is 15.0 Å². The highest BCUT2D eigenvalue weighted by Gasteiger charge is 2.21. The van der Waals surface area contributed by atoms with Gasteiger partial charge in [0.2, 0.25) is 5.76 Å². The van der Waals surface area contributed by atoms with Crippen molar-refractivity contribution >= 4 is 34.4 Å². The van der Waals surface area contributed by atoms with E-state index in [0.29, 0.717) is 18.2 Å². The number of carbonyl (C=O) groups excluding carboxylic acids is 1. The van der Waals surface area contributed by atoms with Gasteiger partial charge in [-0.15, -0.1) is 11.3 Å². The first kappa shape index (κ1) is 29.8. The molecule has 12 heteroatoms. The number of rotatable bonds is 13. The zero-order valence-corrected chi connectivity index (χ0v) is 22.2. The zero-order valence-electron chi connectivity index (χ0n) is 21.4. The molecule has 2 aromatic carbocycles. The van der Waals surface area contributed by atoms with Gasteiger partial charge >= 0.3 is 5.97 Å². The predicted octanol–water partition coefficient (Wildman–Crippen LogP) is 6.06. The van der Waals surface area contributed by atoms with Crippen molar-refractivity contribution < 1.29 is 42.1 Å². The second-order valence-corrected chi connectivity index (χ2v) is 9.08. The molecule has 1 heterocycles. The molecule has 0 fully saturated rings. The van der Waals surface area contributed by atoms with Crippen molar-refractivity contribution in [2.75, 3.05) is 32.8 Å². The van der Waals surface area contributed by atoms with Gasteiger partial charge in [-0.3, -0.25) is 10.1 Å². The maximum atomic E-state index is 15.4. The molecule has 39 heavy (non-hydrogen) atoms. The van der Waals surface area contributed by atoms with Crippen molar-refractivity contribution in [1.82, 2.24) is 4.98 Å². The Labute approximate surface area is 227 Å². The van der Waals surface area contributed by atoms with Crippen LogP contribution < -0.4 is 5.32 Å². The van der Waals surface area contributed by atoms with E-state index in [1.54, 1.807) is 12.1 Å². The van der Waals surface area contributed by atoms with Gasteiger partial charge in [0.15, 0.2) is 5.13 Å². The number of hydrogen-bond donors (Lipinski definition) is 2. The Bertz CT molecular complexity index is 1340. The minimum absolute atomic E-state index is 0.0725. The van der Waals surface area contributed by atoms with Gasteiger partial charge < -0.3 is 19.3 Å². The summed E-state index contributed by atoms with van der Waals surface area (Å²) >= 11 is 0.997. The molecule has 0 bridgehead atoms. The molecule has 3 aromatic rings. The van der Waals surface area contributed by atoms with Crippen LogP contribution >= 0.6 is 11.3 Å². The van der Waals surface area contributed by atoms with Crippen molar-refractivity contribution in [3.05, 3.63) is 75.6 Å². The molecule has 0 spiro atoms. The van der Waals surface area contributed by atoms with Gasteiger partial charge in [0, 0.05) is 47.4 Å². The van der Waals surface area contributed by atoms with E-state index in [0.717, 1.165) is 43.4 Å². The van der Waals surface area contributed by atoms with Crippen molar-refractivity contribution in [3.8, 4) is 11.3 Å². The van der Waals surface area contributed by atoms with Crippen LogP contribution in [0.15, 0.2) is 41.5 Å². The third-order valence-corrected chi connectivity index (χ3v) is 6.38. The summed E-state index contributed by atoms with van der Waals surface area (Å²) < 4.78 is 60.0. The van der Waals surface area contributed by atoms with Gasteiger partial charge in [-0.25, -0.2) is 22.9 Å². The molecule has 0 radical (unpaired) electrons. The number of benzene rings is 2. The number of hydrogen-bond acceptors (Lipinski definition) is 7. The van der Waals surface area contributed by atoms with Crippen LogP contribution in [0.5, 0.6) is 0 Å². The van der Waals surface area contributed by atoms with Crippen LogP contribution in [-0.4, -0.2) is 49.4 Å². The van der Waals surface area contributed by atoms with Crippen LogP contribution in [-0.2, 0) is 19.0 Å². The first-order valence-corrected chi connectivity index (χ1v) is 12.7. The molecule has 0 saturated carbocycles. The number of aliphatic carboxylic acids is 1. The zero-order chi connectivity index (χ0) is 28.5. The van der Waals surface area contributed by atoms with Gasteiger partial charge in [-0.1, -0.05) is 25.5 Å². The molecule has 208 valence electrons.